The number of aryl methyl sites for hydroxylation is 1. The summed E-state index contributed by atoms with van der Waals surface area (Å²) in [5, 5.41) is 1.78. The van der Waals surface area contributed by atoms with Gasteiger partial charge in [0.2, 0.25) is 0 Å². The summed E-state index contributed by atoms with van der Waals surface area (Å²) in [7, 11) is 3.75. The minimum atomic E-state index is 0.275. The third kappa shape index (κ3) is 2.90. The van der Waals surface area contributed by atoms with Crippen molar-refractivity contribution in [2.45, 2.75) is 6.92 Å². The zero-order valence-electron chi connectivity index (χ0n) is 8.40. The van der Waals surface area contributed by atoms with Crippen LogP contribution < -0.4 is 11.2 Å². The molecule has 0 aliphatic carbocycles. The van der Waals surface area contributed by atoms with Gasteiger partial charge in [0.05, 0.1) is 0 Å². The Balaban J connectivity index is 3.01. The summed E-state index contributed by atoms with van der Waals surface area (Å²) in [6.45, 7) is 1.79. The van der Waals surface area contributed by atoms with Gasteiger partial charge in [0.15, 0.2) is 0 Å². The van der Waals surface area contributed by atoms with Crippen molar-refractivity contribution in [3.63, 3.8) is 0 Å². The van der Waals surface area contributed by atoms with Crippen LogP contribution in [-0.2, 0) is 0 Å². The average molecular weight is 211 g/mol. The molecule has 0 saturated carbocycles. The molecule has 1 rings (SSSR count). The number of nitrogens with one attached hydrogen (secondary N) is 1. The molecule has 1 heterocycles. The molecule has 1 aromatic heterocycles. The van der Waals surface area contributed by atoms with Crippen LogP contribution in [0, 0.1) is 6.92 Å². The predicted molar refractivity (Wildman–Crippen MR) is 60.0 cm³/mol. The smallest absolute Gasteiger partial charge is 0.144 e. The first kappa shape index (κ1) is 10.8. The van der Waals surface area contributed by atoms with Crippen LogP contribution in [0.2, 0.25) is 0 Å². The van der Waals surface area contributed by atoms with E-state index >= 15 is 0 Å². The Bertz CT molecular complexity index is 350. The zero-order valence-corrected chi connectivity index (χ0v) is 9.22. The number of hydrazine groups is 1. The van der Waals surface area contributed by atoms with Crippen molar-refractivity contribution in [3.8, 4) is 0 Å². The molecule has 0 aliphatic rings. The summed E-state index contributed by atoms with van der Waals surface area (Å²) in [5.41, 5.74) is 9.07. The molecule has 0 amide bonds. The molecule has 0 aliphatic heterocycles. The van der Waals surface area contributed by atoms with Crippen LogP contribution in [0.5, 0.6) is 0 Å². The third-order valence-electron chi connectivity index (χ3n) is 1.43. The average Bonchev–Trinajstić information content (AvgIpc) is 2.01. The Morgan fingerprint density at radius 3 is 2.64 bits per heavy atom. The van der Waals surface area contributed by atoms with E-state index in [4.69, 9.17) is 18.0 Å². The van der Waals surface area contributed by atoms with E-state index in [1.807, 2.05) is 14.1 Å². The third-order valence-corrected chi connectivity index (χ3v) is 1.64. The van der Waals surface area contributed by atoms with Crippen molar-refractivity contribution in [2.75, 3.05) is 19.5 Å². The quantitative estimate of drug-likeness (QED) is 0.554. The van der Waals surface area contributed by atoms with Gasteiger partial charge in [-0.1, -0.05) is 12.2 Å². The molecule has 0 aromatic carbocycles. The second-order valence-electron chi connectivity index (χ2n) is 3.06. The fourth-order valence-electron chi connectivity index (χ4n) is 0.980. The standard InChI is InChI=1S/C8H13N5S/c1-5-10-6(8(9)14)4-7(11-5)12-13(2)3/h4H,1-3H3,(H2,9,14)(H,10,11,12). The van der Waals surface area contributed by atoms with Crippen LogP contribution in [0.4, 0.5) is 5.82 Å². The molecule has 76 valence electrons. The largest absolute Gasteiger partial charge is 0.388 e. The number of hydrogen-bond acceptors (Lipinski definition) is 5. The van der Waals surface area contributed by atoms with Crippen LogP contribution in [0.15, 0.2) is 6.07 Å². The molecule has 0 radical (unpaired) electrons. The molecular formula is C8H13N5S. The van der Waals surface area contributed by atoms with Crippen molar-refractivity contribution >= 4 is 23.0 Å². The highest BCUT2D eigenvalue weighted by molar-refractivity contribution is 7.80. The molecule has 0 saturated heterocycles. The van der Waals surface area contributed by atoms with Gasteiger partial charge < -0.3 is 11.2 Å². The van der Waals surface area contributed by atoms with Gasteiger partial charge in [0.1, 0.15) is 22.3 Å². The normalized spacial score (nSPS) is 10.3. The second-order valence-corrected chi connectivity index (χ2v) is 3.50. The van der Waals surface area contributed by atoms with Crippen molar-refractivity contribution < 1.29 is 0 Å². The van der Waals surface area contributed by atoms with Gasteiger partial charge in [-0.3, -0.25) is 0 Å². The van der Waals surface area contributed by atoms with Crippen LogP contribution in [0.1, 0.15) is 11.5 Å². The summed E-state index contributed by atoms with van der Waals surface area (Å²) in [5.74, 6) is 1.32. The maximum Gasteiger partial charge on any atom is 0.144 e. The lowest BCUT2D eigenvalue weighted by molar-refractivity contribution is 0.492. The number of anilines is 1. The van der Waals surface area contributed by atoms with E-state index in [9.17, 15) is 0 Å². The number of nitrogens with zero attached hydrogens (tertiary/aromatic N) is 3. The highest BCUT2D eigenvalue weighted by Gasteiger charge is 2.03. The minimum Gasteiger partial charge on any atom is -0.388 e. The molecule has 0 atom stereocenters. The Morgan fingerprint density at radius 1 is 1.50 bits per heavy atom. The highest BCUT2D eigenvalue weighted by atomic mass is 32.1. The van der Waals surface area contributed by atoms with Crippen LogP contribution in [-0.4, -0.2) is 34.1 Å². The Labute approximate surface area is 88.3 Å². The fourth-order valence-corrected chi connectivity index (χ4v) is 1.08. The van der Waals surface area contributed by atoms with E-state index in [2.05, 4.69) is 15.4 Å². The molecule has 1 aromatic rings. The molecule has 0 spiro atoms. The molecule has 0 fully saturated rings. The molecule has 0 unspecified atom stereocenters. The van der Waals surface area contributed by atoms with Crippen molar-refractivity contribution in [2.24, 2.45) is 5.73 Å². The van der Waals surface area contributed by atoms with E-state index in [0.29, 0.717) is 17.3 Å². The summed E-state index contributed by atoms with van der Waals surface area (Å²) in [4.78, 5) is 8.56. The van der Waals surface area contributed by atoms with E-state index < -0.39 is 0 Å². The van der Waals surface area contributed by atoms with Gasteiger partial charge in [0.25, 0.3) is 0 Å². The number of rotatable bonds is 3. The predicted octanol–water partition coefficient (Wildman–Crippen LogP) is 0.308. The first-order valence-corrected chi connectivity index (χ1v) is 4.49. The van der Waals surface area contributed by atoms with Crippen molar-refractivity contribution in [3.05, 3.63) is 17.6 Å². The lowest BCUT2D eigenvalue weighted by Gasteiger charge is -2.13. The molecule has 0 bridgehead atoms. The molecule has 5 nitrogen and oxygen atoms in total. The van der Waals surface area contributed by atoms with Crippen molar-refractivity contribution in [1.29, 1.82) is 0 Å². The topological polar surface area (TPSA) is 67.1 Å². The van der Waals surface area contributed by atoms with Gasteiger partial charge in [0, 0.05) is 20.2 Å². The Morgan fingerprint density at radius 2 is 2.14 bits per heavy atom. The summed E-state index contributed by atoms with van der Waals surface area (Å²) in [6, 6.07) is 1.72. The molecular weight excluding hydrogens is 198 g/mol. The first-order chi connectivity index (χ1) is 6.49. The van der Waals surface area contributed by atoms with Gasteiger partial charge in [-0.25, -0.2) is 15.0 Å². The maximum atomic E-state index is 5.48. The van der Waals surface area contributed by atoms with Crippen LogP contribution in [0.3, 0.4) is 0 Å². The van der Waals surface area contributed by atoms with Gasteiger partial charge in [-0.05, 0) is 6.92 Å². The van der Waals surface area contributed by atoms with Crippen LogP contribution >= 0.6 is 12.2 Å². The van der Waals surface area contributed by atoms with E-state index in [1.54, 1.807) is 18.0 Å². The Hall–Kier alpha value is -1.27. The monoisotopic (exact) mass is 211 g/mol. The summed E-state index contributed by atoms with van der Waals surface area (Å²) in [6.07, 6.45) is 0. The number of nitrogens with two attached hydrogens (primary N) is 1. The number of thiocarbonyl (C=S) groups is 1. The van der Waals surface area contributed by atoms with E-state index in [-0.39, 0.29) is 4.99 Å². The van der Waals surface area contributed by atoms with Gasteiger partial charge >= 0.3 is 0 Å². The number of aromatic nitrogens is 2. The van der Waals surface area contributed by atoms with E-state index in [1.165, 1.54) is 0 Å². The van der Waals surface area contributed by atoms with Gasteiger partial charge in [-0.2, -0.15) is 0 Å². The maximum absolute atomic E-state index is 5.48. The second kappa shape index (κ2) is 4.30. The van der Waals surface area contributed by atoms with E-state index in [0.717, 1.165) is 0 Å². The lowest BCUT2D eigenvalue weighted by Crippen LogP contribution is -2.22. The SMILES string of the molecule is Cc1nc(NN(C)C)cc(C(N)=S)n1. The molecule has 6 heteroatoms. The zero-order chi connectivity index (χ0) is 10.7. The molecule has 14 heavy (non-hydrogen) atoms. The van der Waals surface area contributed by atoms with Gasteiger partial charge in [-0.15, -0.1) is 0 Å². The molecule has 3 N–H and O–H groups in total. The highest BCUT2D eigenvalue weighted by Crippen LogP contribution is 2.06. The first-order valence-electron chi connectivity index (χ1n) is 4.08. The summed E-state index contributed by atoms with van der Waals surface area (Å²) < 4.78 is 0. The summed E-state index contributed by atoms with van der Waals surface area (Å²) >= 11 is 4.84. The fraction of sp³-hybridized carbons (Fsp3) is 0.375. The number of hydrogen-bond donors (Lipinski definition) is 2. The van der Waals surface area contributed by atoms with Crippen molar-refractivity contribution in [1.82, 2.24) is 15.0 Å². The minimum absolute atomic E-state index is 0.275. The Kier molecular flexibility index (Phi) is 3.32. The van der Waals surface area contributed by atoms with Crippen LogP contribution in [0.25, 0.3) is 0 Å². The lowest BCUT2D eigenvalue weighted by atomic mass is 10.4.